The molecule has 0 fully saturated rings. The van der Waals surface area contributed by atoms with Crippen molar-refractivity contribution in [2.45, 2.75) is 33.4 Å². The summed E-state index contributed by atoms with van der Waals surface area (Å²) in [6, 6.07) is 14.4. The summed E-state index contributed by atoms with van der Waals surface area (Å²) in [5, 5.41) is 4.12. The predicted molar refractivity (Wildman–Crippen MR) is 108 cm³/mol. The van der Waals surface area contributed by atoms with Gasteiger partial charge in [0.2, 0.25) is 5.91 Å². The molecule has 1 atom stereocenters. The summed E-state index contributed by atoms with van der Waals surface area (Å²) in [6.45, 7) is 7.24. The summed E-state index contributed by atoms with van der Waals surface area (Å²) >= 11 is 1.68. The molecule has 5 heteroatoms. The molecule has 4 nitrogen and oxygen atoms in total. The molecule has 26 heavy (non-hydrogen) atoms. The second-order valence-corrected chi connectivity index (χ2v) is 8.00. The number of carbonyl (C=O) groups excluding carboxylic acids is 1. The molecule has 0 aliphatic rings. The van der Waals surface area contributed by atoms with Crippen LogP contribution in [0.25, 0.3) is 10.2 Å². The topological polar surface area (TPSA) is 45.2 Å². The van der Waals surface area contributed by atoms with E-state index in [0.29, 0.717) is 13.1 Å². The first-order chi connectivity index (χ1) is 12.4. The van der Waals surface area contributed by atoms with Gasteiger partial charge in [-0.25, -0.2) is 4.98 Å². The zero-order chi connectivity index (χ0) is 18.7. The van der Waals surface area contributed by atoms with Crippen LogP contribution in [0.5, 0.6) is 0 Å². The molecule has 0 spiro atoms. The minimum atomic E-state index is -0.00218. The van der Waals surface area contributed by atoms with E-state index in [2.05, 4.69) is 48.4 Å². The van der Waals surface area contributed by atoms with Crippen LogP contribution in [-0.4, -0.2) is 29.4 Å². The number of nitrogens with one attached hydrogen (secondary N) is 1. The lowest BCUT2D eigenvalue weighted by Crippen LogP contribution is -2.36. The number of carbonyl (C=O) groups is 1. The second kappa shape index (κ2) is 7.98. The van der Waals surface area contributed by atoms with Gasteiger partial charge in [0.15, 0.2) is 0 Å². The molecule has 0 bridgehead atoms. The summed E-state index contributed by atoms with van der Waals surface area (Å²) < 4.78 is 1.18. The molecule has 1 heterocycles. The molecular formula is C21H25N3OS. The Morgan fingerprint density at radius 2 is 1.96 bits per heavy atom. The molecule has 0 radical (unpaired) electrons. The number of likely N-dealkylation sites (N-methyl/N-ethyl adjacent to an activating group) is 1. The molecule has 0 aliphatic carbocycles. The lowest BCUT2D eigenvalue weighted by molar-refractivity contribution is -0.122. The van der Waals surface area contributed by atoms with Crippen molar-refractivity contribution >= 4 is 27.5 Å². The van der Waals surface area contributed by atoms with E-state index in [4.69, 9.17) is 0 Å². The van der Waals surface area contributed by atoms with Crippen LogP contribution >= 0.6 is 11.3 Å². The van der Waals surface area contributed by atoms with Gasteiger partial charge in [0, 0.05) is 0 Å². The molecule has 0 unspecified atom stereocenters. The SMILES string of the molecule is Cc1ccc([C@H](C)NC(=O)CN(C)Cc2nc3ccccc3s2)cc1C. The van der Waals surface area contributed by atoms with Crippen molar-refractivity contribution in [1.82, 2.24) is 15.2 Å². The van der Waals surface area contributed by atoms with E-state index in [1.165, 1.54) is 15.8 Å². The van der Waals surface area contributed by atoms with Crippen LogP contribution in [0.2, 0.25) is 0 Å². The van der Waals surface area contributed by atoms with Crippen LogP contribution in [0.4, 0.5) is 0 Å². The average Bonchev–Trinajstić information content (AvgIpc) is 2.98. The third kappa shape index (κ3) is 4.48. The molecule has 3 rings (SSSR count). The van der Waals surface area contributed by atoms with Gasteiger partial charge in [0.25, 0.3) is 0 Å². The maximum absolute atomic E-state index is 12.4. The number of thiazole rings is 1. The molecule has 3 aromatic rings. The monoisotopic (exact) mass is 367 g/mol. The van der Waals surface area contributed by atoms with E-state index in [-0.39, 0.29) is 11.9 Å². The van der Waals surface area contributed by atoms with Crippen molar-refractivity contribution < 1.29 is 4.79 Å². The van der Waals surface area contributed by atoms with Gasteiger partial charge in [0.1, 0.15) is 5.01 Å². The second-order valence-electron chi connectivity index (χ2n) is 6.88. The summed E-state index contributed by atoms with van der Waals surface area (Å²) in [5.74, 6) is 0.0272. The first-order valence-corrected chi connectivity index (χ1v) is 9.63. The highest BCUT2D eigenvalue weighted by molar-refractivity contribution is 7.18. The lowest BCUT2D eigenvalue weighted by atomic mass is 10.0. The minimum Gasteiger partial charge on any atom is -0.348 e. The van der Waals surface area contributed by atoms with Gasteiger partial charge >= 0.3 is 0 Å². The van der Waals surface area contributed by atoms with Crippen molar-refractivity contribution in [2.24, 2.45) is 0 Å². The van der Waals surface area contributed by atoms with Crippen molar-refractivity contribution in [2.75, 3.05) is 13.6 Å². The van der Waals surface area contributed by atoms with Crippen molar-refractivity contribution in [3.05, 3.63) is 64.2 Å². The Kier molecular flexibility index (Phi) is 5.69. The Hall–Kier alpha value is -2.24. The number of rotatable bonds is 6. The quantitative estimate of drug-likeness (QED) is 0.709. The molecule has 0 saturated heterocycles. The number of aromatic nitrogens is 1. The Balaban J connectivity index is 1.55. The van der Waals surface area contributed by atoms with E-state index in [0.717, 1.165) is 16.1 Å². The van der Waals surface area contributed by atoms with Gasteiger partial charge in [-0.2, -0.15) is 0 Å². The first-order valence-electron chi connectivity index (χ1n) is 8.82. The van der Waals surface area contributed by atoms with Crippen molar-refractivity contribution in [1.29, 1.82) is 0 Å². The number of amides is 1. The maximum atomic E-state index is 12.4. The number of fused-ring (bicyclic) bond motifs is 1. The van der Waals surface area contributed by atoms with Gasteiger partial charge in [-0.3, -0.25) is 9.69 Å². The molecule has 1 N–H and O–H groups in total. The zero-order valence-electron chi connectivity index (χ0n) is 15.7. The summed E-state index contributed by atoms with van der Waals surface area (Å²) in [4.78, 5) is 19.0. The predicted octanol–water partition coefficient (Wildman–Crippen LogP) is 4.22. The van der Waals surface area contributed by atoms with Crippen molar-refractivity contribution in [3.8, 4) is 0 Å². The lowest BCUT2D eigenvalue weighted by Gasteiger charge is -2.19. The Bertz CT molecular complexity index is 886. The first kappa shape index (κ1) is 18.5. The smallest absolute Gasteiger partial charge is 0.234 e. The summed E-state index contributed by atoms with van der Waals surface area (Å²) in [7, 11) is 1.95. The minimum absolute atomic E-state index is 0.00218. The highest BCUT2D eigenvalue weighted by atomic mass is 32.1. The number of nitrogens with zero attached hydrogens (tertiary/aromatic N) is 2. The number of hydrogen-bond acceptors (Lipinski definition) is 4. The fourth-order valence-electron chi connectivity index (χ4n) is 2.92. The van der Waals surface area contributed by atoms with Gasteiger partial charge < -0.3 is 5.32 Å². The average molecular weight is 368 g/mol. The largest absolute Gasteiger partial charge is 0.348 e. The van der Waals surface area contributed by atoms with E-state index in [1.807, 2.05) is 37.1 Å². The molecule has 0 saturated carbocycles. The Morgan fingerprint density at radius 3 is 2.69 bits per heavy atom. The fourth-order valence-corrected chi connectivity index (χ4v) is 3.97. The fraction of sp³-hybridized carbons (Fsp3) is 0.333. The zero-order valence-corrected chi connectivity index (χ0v) is 16.6. The number of hydrogen-bond donors (Lipinski definition) is 1. The van der Waals surface area contributed by atoms with Crippen LogP contribution in [-0.2, 0) is 11.3 Å². The van der Waals surface area contributed by atoms with Crippen LogP contribution in [0.15, 0.2) is 42.5 Å². The van der Waals surface area contributed by atoms with Gasteiger partial charge in [-0.15, -0.1) is 11.3 Å². The standard InChI is InChI=1S/C21H25N3OS/c1-14-9-10-17(11-15(14)2)16(3)22-20(25)12-24(4)13-21-23-18-7-5-6-8-19(18)26-21/h5-11,16H,12-13H2,1-4H3,(H,22,25)/t16-/m0/s1. The Labute approximate surface area is 158 Å². The molecule has 136 valence electrons. The van der Waals surface area contributed by atoms with Gasteiger partial charge in [-0.05, 0) is 56.6 Å². The van der Waals surface area contributed by atoms with E-state index in [9.17, 15) is 4.79 Å². The number of para-hydroxylation sites is 1. The summed E-state index contributed by atoms with van der Waals surface area (Å²) in [5.41, 5.74) is 4.67. The maximum Gasteiger partial charge on any atom is 0.234 e. The molecular weight excluding hydrogens is 342 g/mol. The molecule has 2 aromatic carbocycles. The van der Waals surface area contributed by atoms with Gasteiger partial charge in [0.05, 0.1) is 29.3 Å². The van der Waals surface area contributed by atoms with E-state index >= 15 is 0 Å². The van der Waals surface area contributed by atoms with E-state index < -0.39 is 0 Å². The third-order valence-corrected chi connectivity index (χ3v) is 5.59. The molecule has 0 aliphatic heterocycles. The van der Waals surface area contributed by atoms with Crippen LogP contribution in [0.3, 0.4) is 0 Å². The van der Waals surface area contributed by atoms with E-state index in [1.54, 1.807) is 11.3 Å². The highest BCUT2D eigenvalue weighted by Gasteiger charge is 2.13. The number of aryl methyl sites for hydroxylation is 2. The third-order valence-electron chi connectivity index (χ3n) is 4.57. The van der Waals surface area contributed by atoms with Crippen LogP contribution < -0.4 is 5.32 Å². The van der Waals surface area contributed by atoms with Gasteiger partial charge in [-0.1, -0.05) is 30.3 Å². The van der Waals surface area contributed by atoms with Crippen LogP contribution in [0, 0.1) is 13.8 Å². The molecule has 1 aromatic heterocycles. The van der Waals surface area contributed by atoms with Crippen molar-refractivity contribution in [3.63, 3.8) is 0 Å². The highest BCUT2D eigenvalue weighted by Crippen LogP contribution is 2.22. The van der Waals surface area contributed by atoms with Crippen LogP contribution in [0.1, 0.15) is 34.7 Å². The normalized spacial score (nSPS) is 12.5. The summed E-state index contributed by atoms with van der Waals surface area (Å²) in [6.07, 6.45) is 0. The Morgan fingerprint density at radius 1 is 1.19 bits per heavy atom. The number of benzene rings is 2. The molecule has 1 amide bonds.